The summed E-state index contributed by atoms with van der Waals surface area (Å²) in [6, 6.07) is 15.9. The monoisotopic (exact) mass is 521 g/mol. The third kappa shape index (κ3) is 5.45. The van der Waals surface area contributed by atoms with E-state index < -0.39 is 10.0 Å². The molecule has 0 saturated heterocycles. The molecule has 0 atom stereocenters. The zero-order chi connectivity index (χ0) is 26.4. The molecular formula is C27H31N5O4S. The van der Waals surface area contributed by atoms with Gasteiger partial charge in [0.05, 0.1) is 42.1 Å². The van der Waals surface area contributed by atoms with E-state index in [2.05, 4.69) is 11.5 Å². The fraction of sp³-hybridized carbons (Fsp3) is 0.333. The Labute approximate surface area is 218 Å². The molecule has 37 heavy (non-hydrogen) atoms. The molecular weight excluding hydrogens is 490 g/mol. The zero-order valence-electron chi connectivity index (χ0n) is 21.1. The van der Waals surface area contributed by atoms with Crippen LogP contribution in [0.25, 0.3) is 5.69 Å². The van der Waals surface area contributed by atoms with E-state index in [4.69, 9.17) is 14.6 Å². The lowest BCUT2D eigenvalue weighted by molar-refractivity contribution is 0.176. The summed E-state index contributed by atoms with van der Waals surface area (Å²) >= 11 is 0. The number of fused-ring (bicyclic) bond motifs is 1. The number of rotatable bonds is 11. The van der Waals surface area contributed by atoms with Gasteiger partial charge in [-0.15, -0.1) is 6.58 Å². The van der Waals surface area contributed by atoms with Gasteiger partial charge in [-0.25, -0.2) is 13.1 Å². The van der Waals surface area contributed by atoms with Crippen LogP contribution in [0.4, 0.5) is 0 Å². The number of aromatic nitrogens is 2. The van der Waals surface area contributed by atoms with Crippen LogP contribution >= 0.6 is 0 Å². The van der Waals surface area contributed by atoms with Crippen molar-refractivity contribution in [2.75, 3.05) is 40.5 Å². The Bertz CT molecular complexity index is 1410. The molecule has 194 valence electrons. The SMILES string of the molecule is C=CCN1CCc2c(c(CN(CCOC)S(=O)(=O)c3ccccc3C#N)nn2-c2ccccc2OC)C1. The van der Waals surface area contributed by atoms with Crippen molar-refractivity contribution in [3.63, 3.8) is 0 Å². The summed E-state index contributed by atoms with van der Waals surface area (Å²) in [4.78, 5) is 2.23. The molecule has 1 aliphatic heterocycles. The van der Waals surface area contributed by atoms with E-state index in [1.165, 1.54) is 23.5 Å². The van der Waals surface area contributed by atoms with Gasteiger partial charge < -0.3 is 9.47 Å². The third-order valence-electron chi connectivity index (χ3n) is 6.42. The molecule has 0 aliphatic carbocycles. The maximum Gasteiger partial charge on any atom is 0.244 e. The molecule has 0 radical (unpaired) electrons. The molecule has 4 rings (SSSR count). The van der Waals surface area contributed by atoms with Crippen LogP contribution in [0.2, 0.25) is 0 Å². The van der Waals surface area contributed by atoms with Crippen LogP contribution in [0.5, 0.6) is 5.75 Å². The lowest BCUT2D eigenvalue weighted by atomic mass is 10.0. The molecule has 2 aromatic carbocycles. The van der Waals surface area contributed by atoms with Gasteiger partial charge in [0.15, 0.2) is 0 Å². The summed E-state index contributed by atoms with van der Waals surface area (Å²) in [7, 11) is -0.860. The van der Waals surface area contributed by atoms with Crippen molar-refractivity contribution in [2.24, 2.45) is 0 Å². The summed E-state index contributed by atoms with van der Waals surface area (Å²) in [5.41, 5.74) is 3.57. The Morgan fingerprint density at radius 2 is 1.95 bits per heavy atom. The van der Waals surface area contributed by atoms with Gasteiger partial charge in [0, 0.05) is 45.3 Å². The van der Waals surface area contributed by atoms with Crippen LogP contribution in [-0.4, -0.2) is 67.9 Å². The molecule has 0 bridgehead atoms. The molecule has 0 amide bonds. The van der Waals surface area contributed by atoms with Crippen LogP contribution in [0.15, 0.2) is 66.1 Å². The highest BCUT2D eigenvalue weighted by Gasteiger charge is 2.32. The number of sulfonamides is 1. The fourth-order valence-electron chi connectivity index (χ4n) is 4.58. The summed E-state index contributed by atoms with van der Waals surface area (Å²) in [5, 5.41) is 14.5. The van der Waals surface area contributed by atoms with Gasteiger partial charge in [-0.1, -0.05) is 30.3 Å². The Balaban J connectivity index is 1.81. The van der Waals surface area contributed by atoms with Crippen LogP contribution in [-0.2, 0) is 34.3 Å². The highest BCUT2D eigenvalue weighted by Crippen LogP contribution is 2.31. The van der Waals surface area contributed by atoms with Crippen molar-refractivity contribution in [2.45, 2.75) is 24.4 Å². The maximum absolute atomic E-state index is 13.8. The zero-order valence-corrected chi connectivity index (χ0v) is 21.9. The molecule has 0 N–H and O–H groups in total. The summed E-state index contributed by atoms with van der Waals surface area (Å²) < 4.78 is 41.6. The van der Waals surface area contributed by atoms with Crippen molar-refractivity contribution in [1.29, 1.82) is 5.26 Å². The van der Waals surface area contributed by atoms with E-state index in [1.54, 1.807) is 19.2 Å². The van der Waals surface area contributed by atoms with Crippen LogP contribution in [0.3, 0.4) is 0 Å². The first kappa shape index (κ1) is 26.6. The molecule has 0 fully saturated rings. The van der Waals surface area contributed by atoms with Gasteiger partial charge >= 0.3 is 0 Å². The smallest absolute Gasteiger partial charge is 0.244 e. The van der Waals surface area contributed by atoms with E-state index in [0.717, 1.165) is 36.5 Å². The maximum atomic E-state index is 13.8. The van der Waals surface area contributed by atoms with E-state index in [-0.39, 0.29) is 30.2 Å². The minimum absolute atomic E-state index is 0.0279. The first-order chi connectivity index (χ1) is 17.9. The van der Waals surface area contributed by atoms with Crippen molar-refractivity contribution in [3.8, 4) is 17.5 Å². The largest absolute Gasteiger partial charge is 0.494 e. The van der Waals surface area contributed by atoms with Crippen LogP contribution in [0, 0.1) is 11.3 Å². The van der Waals surface area contributed by atoms with Crippen molar-refractivity contribution in [1.82, 2.24) is 19.0 Å². The van der Waals surface area contributed by atoms with Crippen molar-refractivity contribution in [3.05, 3.63) is 83.7 Å². The number of ether oxygens (including phenoxy) is 2. The van der Waals surface area contributed by atoms with E-state index >= 15 is 0 Å². The lowest BCUT2D eigenvalue weighted by Crippen LogP contribution is -2.35. The predicted octanol–water partition coefficient (Wildman–Crippen LogP) is 3.13. The first-order valence-corrected chi connectivity index (χ1v) is 13.4. The second-order valence-corrected chi connectivity index (χ2v) is 10.6. The van der Waals surface area contributed by atoms with Gasteiger partial charge in [-0.3, -0.25) is 4.90 Å². The second-order valence-electron chi connectivity index (χ2n) is 8.67. The number of hydrogen-bond acceptors (Lipinski definition) is 7. The second kappa shape index (κ2) is 11.7. The number of nitriles is 1. The average molecular weight is 522 g/mol. The molecule has 0 saturated carbocycles. The molecule has 0 unspecified atom stereocenters. The van der Waals surface area contributed by atoms with Gasteiger partial charge in [0.1, 0.15) is 17.5 Å². The normalized spacial score (nSPS) is 13.8. The van der Waals surface area contributed by atoms with Crippen LogP contribution in [0.1, 0.15) is 22.5 Å². The highest BCUT2D eigenvalue weighted by atomic mass is 32.2. The Morgan fingerprint density at radius 1 is 1.19 bits per heavy atom. The van der Waals surface area contributed by atoms with E-state index in [9.17, 15) is 13.7 Å². The number of hydrogen-bond donors (Lipinski definition) is 0. The quantitative estimate of drug-likeness (QED) is 0.357. The predicted molar refractivity (Wildman–Crippen MR) is 140 cm³/mol. The Hall–Kier alpha value is -3.49. The number of nitrogens with zero attached hydrogens (tertiary/aromatic N) is 5. The minimum atomic E-state index is -4.01. The molecule has 9 nitrogen and oxygen atoms in total. The number of para-hydroxylation sites is 2. The molecule has 1 aromatic heterocycles. The average Bonchev–Trinajstić information content (AvgIpc) is 3.28. The summed E-state index contributed by atoms with van der Waals surface area (Å²) in [6.07, 6.45) is 2.61. The fourth-order valence-corrected chi connectivity index (χ4v) is 6.11. The molecule has 2 heterocycles. The Morgan fingerprint density at radius 3 is 2.68 bits per heavy atom. The lowest BCUT2D eigenvalue weighted by Gasteiger charge is -2.27. The van der Waals surface area contributed by atoms with Gasteiger partial charge in [0.25, 0.3) is 0 Å². The molecule has 3 aromatic rings. The minimum Gasteiger partial charge on any atom is -0.494 e. The van der Waals surface area contributed by atoms with Gasteiger partial charge in [-0.05, 0) is 24.3 Å². The molecule has 10 heteroatoms. The van der Waals surface area contributed by atoms with Crippen molar-refractivity contribution < 1.29 is 17.9 Å². The summed E-state index contributed by atoms with van der Waals surface area (Å²) in [6.45, 7) is 6.40. The number of benzene rings is 2. The topological polar surface area (TPSA) is 101 Å². The molecule has 0 spiro atoms. The standard InChI is InChI=1S/C27H31N5O4S/c1-4-14-30-15-13-24-22(19-30)23(29-32(24)25-10-6-7-11-26(25)36-3)20-31(16-17-35-2)37(33,34)27-12-8-5-9-21(27)18-28/h4-12H,1,13-17,19-20H2,2-3H3. The van der Waals surface area contributed by atoms with Gasteiger partial charge in [0.2, 0.25) is 10.0 Å². The molecule has 1 aliphatic rings. The Kier molecular flexibility index (Phi) is 8.41. The number of methoxy groups -OCH3 is 2. The summed E-state index contributed by atoms with van der Waals surface area (Å²) in [5.74, 6) is 0.680. The van der Waals surface area contributed by atoms with Crippen molar-refractivity contribution >= 4 is 10.0 Å². The van der Waals surface area contributed by atoms with Gasteiger partial charge in [-0.2, -0.15) is 14.7 Å². The van der Waals surface area contributed by atoms with E-state index in [1.807, 2.05) is 41.1 Å². The third-order valence-corrected chi connectivity index (χ3v) is 8.32. The first-order valence-electron chi connectivity index (χ1n) is 12.0. The van der Waals surface area contributed by atoms with Crippen LogP contribution < -0.4 is 4.74 Å². The van der Waals surface area contributed by atoms with E-state index in [0.29, 0.717) is 18.0 Å². The highest BCUT2D eigenvalue weighted by molar-refractivity contribution is 7.89.